The van der Waals surface area contributed by atoms with E-state index in [1.165, 1.54) is 0 Å². The lowest BCUT2D eigenvalue weighted by Crippen LogP contribution is -2.14. The van der Waals surface area contributed by atoms with E-state index >= 15 is 0 Å². The van der Waals surface area contributed by atoms with Crippen LogP contribution in [-0.4, -0.2) is 24.4 Å². The first-order valence-electron chi connectivity index (χ1n) is 5.12. The highest BCUT2D eigenvalue weighted by atomic mass is 16.5. The van der Waals surface area contributed by atoms with Crippen molar-refractivity contribution in [3.63, 3.8) is 0 Å². The van der Waals surface area contributed by atoms with Gasteiger partial charge in [0, 0.05) is 18.0 Å². The third kappa shape index (κ3) is 4.65. The number of nitrogen functional groups attached to an aromatic ring is 1. The van der Waals surface area contributed by atoms with Gasteiger partial charge >= 0.3 is 6.09 Å². The Hall–Kier alpha value is -1.75. The molecule has 0 saturated heterocycles. The Morgan fingerprint density at radius 2 is 2.00 bits per heavy atom. The molecule has 0 aliphatic rings. The van der Waals surface area contributed by atoms with E-state index < -0.39 is 6.09 Å². The largest absolute Gasteiger partial charge is 0.449 e. The second kappa shape index (κ2) is 6.68. The lowest BCUT2D eigenvalue weighted by Gasteiger charge is -2.06. The molecule has 1 aromatic rings. The van der Waals surface area contributed by atoms with Crippen molar-refractivity contribution in [2.45, 2.75) is 12.8 Å². The molecule has 0 aromatic heterocycles. The van der Waals surface area contributed by atoms with Gasteiger partial charge < -0.3 is 15.6 Å². The summed E-state index contributed by atoms with van der Waals surface area (Å²) in [6.45, 7) is 0.421. The third-order valence-corrected chi connectivity index (χ3v) is 1.94. The van der Waals surface area contributed by atoms with E-state index in [2.05, 4.69) is 5.32 Å². The zero-order chi connectivity index (χ0) is 11.8. The van der Waals surface area contributed by atoms with Crippen LogP contribution in [0.25, 0.3) is 0 Å². The maximum Gasteiger partial charge on any atom is 0.411 e. The number of carbonyl (C=O) groups excluding carboxylic acids is 1. The van der Waals surface area contributed by atoms with Crippen molar-refractivity contribution < 1.29 is 14.6 Å². The number of anilines is 2. The lowest BCUT2D eigenvalue weighted by molar-refractivity contribution is 0.155. The second-order valence-electron chi connectivity index (χ2n) is 3.31. The van der Waals surface area contributed by atoms with Crippen molar-refractivity contribution >= 4 is 17.5 Å². The first kappa shape index (κ1) is 12.3. The number of benzene rings is 1. The van der Waals surface area contributed by atoms with Gasteiger partial charge in [0.05, 0.1) is 6.61 Å². The maximum atomic E-state index is 11.2. The van der Waals surface area contributed by atoms with Gasteiger partial charge in [0.1, 0.15) is 0 Å². The van der Waals surface area contributed by atoms with Crippen molar-refractivity contribution in [3.05, 3.63) is 24.3 Å². The van der Waals surface area contributed by atoms with Gasteiger partial charge in [-0.1, -0.05) is 0 Å². The number of nitrogens with two attached hydrogens (primary N) is 1. The molecular formula is C11H16N2O3. The van der Waals surface area contributed by atoms with Gasteiger partial charge in [-0.3, -0.25) is 5.32 Å². The summed E-state index contributed by atoms with van der Waals surface area (Å²) in [5.41, 5.74) is 6.78. The van der Waals surface area contributed by atoms with Crippen LogP contribution in [0.2, 0.25) is 0 Å². The molecule has 1 rings (SSSR count). The molecule has 0 saturated carbocycles. The van der Waals surface area contributed by atoms with Crippen molar-refractivity contribution in [1.82, 2.24) is 0 Å². The van der Waals surface area contributed by atoms with Gasteiger partial charge in [-0.2, -0.15) is 0 Å². The first-order chi connectivity index (χ1) is 7.72. The number of rotatable bonds is 5. The Kier molecular flexibility index (Phi) is 5.15. The van der Waals surface area contributed by atoms with Gasteiger partial charge in [0.25, 0.3) is 0 Å². The number of carbonyl (C=O) groups is 1. The minimum atomic E-state index is -0.497. The minimum absolute atomic E-state index is 0.114. The summed E-state index contributed by atoms with van der Waals surface area (Å²) in [6.07, 6.45) is 0.795. The number of amides is 1. The summed E-state index contributed by atoms with van der Waals surface area (Å²) < 4.78 is 4.89. The van der Waals surface area contributed by atoms with E-state index in [0.29, 0.717) is 30.8 Å². The van der Waals surface area contributed by atoms with Crippen molar-refractivity contribution in [1.29, 1.82) is 0 Å². The fourth-order valence-electron chi connectivity index (χ4n) is 1.10. The topological polar surface area (TPSA) is 84.6 Å². The van der Waals surface area contributed by atoms with Crippen LogP contribution in [0.4, 0.5) is 16.2 Å². The molecule has 5 nitrogen and oxygen atoms in total. The summed E-state index contributed by atoms with van der Waals surface area (Å²) in [4.78, 5) is 11.2. The molecule has 16 heavy (non-hydrogen) atoms. The number of unbranched alkanes of at least 4 members (excludes halogenated alkanes) is 1. The van der Waals surface area contributed by atoms with Crippen LogP contribution in [0.3, 0.4) is 0 Å². The average Bonchev–Trinajstić information content (AvgIpc) is 2.28. The number of hydrogen-bond donors (Lipinski definition) is 3. The monoisotopic (exact) mass is 224 g/mol. The fraction of sp³-hybridized carbons (Fsp3) is 0.364. The fourth-order valence-corrected chi connectivity index (χ4v) is 1.10. The summed E-state index contributed by atoms with van der Waals surface area (Å²) >= 11 is 0. The molecule has 0 radical (unpaired) electrons. The molecule has 1 amide bonds. The van der Waals surface area contributed by atoms with E-state index in [9.17, 15) is 4.79 Å². The standard InChI is InChI=1S/C11H16N2O3/c12-9-3-5-10(6-4-9)13-11(15)16-8-2-1-7-14/h3-6,14H,1-2,7-8,12H2,(H,13,15). The Balaban J connectivity index is 2.26. The molecule has 0 bridgehead atoms. The normalized spacial score (nSPS) is 9.81. The van der Waals surface area contributed by atoms with Crippen LogP contribution in [0.1, 0.15) is 12.8 Å². The van der Waals surface area contributed by atoms with Gasteiger partial charge in [-0.25, -0.2) is 4.79 Å². The lowest BCUT2D eigenvalue weighted by atomic mass is 10.3. The van der Waals surface area contributed by atoms with Crippen LogP contribution in [0.15, 0.2) is 24.3 Å². The van der Waals surface area contributed by atoms with Crippen molar-refractivity contribution in [3.8, 4) is 0 Å². The summed E-state index contributed by atoms with van der Waals surface area (Å²) in [7, 11) is 0. The smallest absolute Gasteiger partial charge is 0.411 e. The highest BCUT2D eigenvalue weighted by Gasteiger charge is 2.01. The molecule has 0 atom stereocenters. The zero-order valence-corrected chi connectivity index (χ0v) is 8.98. The Bertz CT molecular complexity index is 325. The van der Waals surface area contributed by atoms with Crippen molar-refractivity contribution in [2.75, 3.05) is 24.3 Å². The highest BCUT2D eigenvalue weighted by Crippen LogP contribution is 2.10. The van der Waals surface area contributed by atoms with Gasteiger partial charge in [0.15, 0.2) is 0 Å². The molecule has 0 aliphatic heterocycles. The molecule has 4 N–H and O–H groups in total. The molecular weight excluding hydrogens is 208 g/mol. The number of hydrogen-bond acceptors (Lipinski definition) is 4. The van der Waals surface area contributed by atoms with Crippen LogP contribution < -0.4 is 11.1 Å². The summed E-state index contributed by atoms with van der Waals surface area (Å²) in [6, 6.07) is 6.79. The molecule has 88 valence electrons. The Morgan fingerprint density at radius 1 is 1.31 bits per heavy atom. The number of aliphatic hydroxyl groups is 1. The van der Waals surface area contributed by atoms with Crippen LogP contribution >= 0.6 is 0 Å². The van der Waals surface area contributed by atoms with Gasteiger partial charge in [0.2, 0.25) is 0 Å². The molecule has 0 heterocycles. The molecule has 0 unspecified atom stereocenters. The molecule has 5 heteroatoms. The predicted octanol–water partition coefficient (Wildman–Crippen LogP) is 1.59. The second-order valence-corrected chi connectivity index (χ2v) is 3.31. The van der Waals surface area contributed by atoms with E-state index in [-0.39, 0.29) is 6.61 Å². The van der Waals surface area contributed by atoms with Gasteiger partial charge in [-0.05, 0) is 37.1 Å². The maximum absolute atomic E-state index is 11.2. The zero-order valence-electron chi connectivity index (χ0n) is 8.98. The Labute approximate surface area is 94.2 Å². The summed E-state index contributed by atoms with van der Waals surface area (Å²) in [5.74, 6) is 0. The number of aliphatic hydroxyl groups excluding tert-OH is 1. The van der Waals surface area contributed by atoms with Crippen LogP contribution in [-0.2, 0) is 4.74 Å². The Morgan fingerprint density at radius 3 is 2.62 bits per heavy atom. The van der Waals surface area contributed by atoms with E-state index in [1.807, 2.05) is 0 Å². The molecule has 0 spiro atoms. The van der Waals surface area contributed by atoms with E-state index in [4.69, 9.17) is 15.6 Å². The minimum Gasteiger partial charge on any atom is -0.449 e. The predicted molar refractivity (Wildman–Crippen MR) is 62.1 cm³/mol. The number of ether oxygens (including phenoxy) is 1. The van der Waals surface area contributed by atoms with Gasteiger partial charge in [-0.15, -0.1) is 0 Å². The average molecular weight is 224 g/mol. The number of nitrogens with one attached hydrogen (secondary N) is 1. The highest BCUT2D eigenvalue weighted by molar-refractivity contribution is 5.84. The SMILES string of the molecule is Nc1ccc(NC(=O)OCCCCO)cc1. The molecule has 1 aromatic carbocycles. The summed E-state index contributed by atoms with van der Waals surface area (Å²) in [5, 5.41) is 11.1. The quantitative estimate of drug-likeness (QED) is 0.523. The molecule has 0 fully saturated rings. The van der Waals surface area contributed by atoms with Crippen LogP contribution in [0, 0.1) is 0 Å². The van der Waals surface area contributed by atoms with E-state index in [0.717, 1.165) is 0 Å². The first-order valence-corrected chi connectivity index (χ1v) is 5.12. The van der Waals surface area contributed by atoms with E-state index in [1.54, 1.807) is 24.3 Å². The molecule has 0 aliphatic carbocycles. The third-order valence-electron chi connectivity index (χ3n) is 1.94. The van der Waals surface area contributed by atoms with Crippen molar-refractivity contribution in [2.24, 2.45) is 0 Å². The van der Waals surface area contributed by atoms with Crippen LogP contribution in [0.5, 0.6) is 0 Å².